The molecule has 0 aromatic heterocycles. The van der Waals surface area contributed by atoms with Crippen LogP contribution in [0, 0.1) is 5.92 Å². The molecule has 2 aromatic carbocycles. The third-order valence-electron chi connectivity index (χ3n) is 6.02. The van der Waals surface area contributed by atoms with Gasteiger partial charge in [0.15, 0.2) is 0 Å². The summed E-state index contributed by atoms with van der Waals surface area (Å²) in [7, 11) is 0. The lowest BCUT2D eigenvalue weighted by Crippen LogP contribution is -2.37. The highest BCUT2D eigenvalue weighted by atomic mass is 19.4. The van der Waals surface area contributed by atoms with Crippen molar-refractivity contribution in [3.05, 3.63) is 70.3 Å². The van der Waals surface area contributed by atoms with Gasteiger partial charge < -0.3 is 5.11 Å². The van der Waals surface area contributed by atoms with Crippen LogP contribution in [0.15, 0.2) is 42.5 Å². The Labute approximate surface area is 194 Å². The number of hydrogen-bond donors (Lipinski definition) is 1. The number of rotatable bonds is 5. The summed E-state index contributed by atoms with van der Waals surface area (Å²) < 4.78 is 119. The SMILES string of the molecule is O=C(O)C[C@H]1CCN(Cc2ccc(C(F)(F)F)cc2C(F)(F)F)[C@@H](c2ccc(C(F)(F)F)cc2)C1. The Morgan fingerprint density at radius 2 is 1.43 bits per heavy atom. The highest BCUT2D eigenvalue weighted by Gasteiger charge is 2.39. The number of benzene rings is 2. The molecule has 0 unspecified atom stereocenters. The van der Waals surface area contributed by atoms with Crippen molar-refractivity contribution in [2.24, 2.45) is 5.92 Å². The number of carbonyl (C=O) groups is 1. The van der Waals surface area contributed by atoms with E-state index in [1.54, 1.807) is 0 Å². The molecule has 2 aromatic rings. The van der Waals surface area contributed by atoms with Crippen molar-refractivity contribution in [2.45, 2.75) is 50.4 Å². The van der Waals surface area contributed by atoms with Gasteiger partial charge in [0.25, 0.3) is 0 Å². The van der Waals surface area contributed by atoms with Crippen molar-refractivity contribution in [1.82, 2.24) is 4.90 Å². The lowest BCUT2D eigenvalue weighted by atomic mass is 9.84. The van der Waals surface area contributed by atoms with Crippen molar-refractivity contribution >= 4 is 5.97 Å². The normalized spacial score (nSPS) is 20.1. The third-order valence-corrected chi connectivity index (χ3v) is 6.02. The Morgan fingerprint density at radius 1 is 0.857 bits per heavy atom. The Kier molecular flexibility index (Phi) is 7.45. The summed E-state index contributed by atoms with van der Waals surface area (Å²) >= 11 is 0. The monoisotopic (exact) mass is 513 g/mol. The minimum absolute atomic E-state index is 0.0413. The molecule has 2 atom stereocenters. The van der Waals surface area contributed by atoms with E-state index in [1.165, 1.54) is 17.0 Å². The quantitative estimate of drug-likeness (QED) is 0.431. The largest absolute Gasteiger partial charge is 0.481 e. The van der Waals surface area contributed by atoms with Gasteiger partial charge in [0.1, 0.15) is 0 Å². The summed E-state index contributed by atoms with van der Waals surface area (Å²) in [6.45, 7) is -0.305. The van der Waals surface area contributed by atoms with Crippen LogP contribution in [0.3, 0.4) is 0 Å². The maximum absolute atomic E-state index is 13.6. The van der Waals surface area contributed by atoms with Crippen LogP contribution in [0.5, 0.6) is 0 Å². The number of piperidine rings is 1. The highest BCUT2D eigenvalue weighted by molar-refractivity contribution is 5.67. The molecule has 1 aliphatic heterocycles. The van der Waals surface area contributed by atoms with Gasteiger partial charge in [-0.25, -0.2) is 0 Å². The first kappa shape index (κ1) is 26.8. The number of hydrogen-bond acceptors (Lipinski definition) is 2. The van der Waals surface area contributed by atoms with Crippen molar-refractivity contribution < 1.29 is 49.4 Å². The van der Waals surface area contributed by atoms with Crippen molar-refractivity contribution in [3.63, 3.8) is 0 Å². The smallest absolute Gasteiger partial charge is 0.416 e. The Balaban J connectivity index is 1.96. The van der Waals surface area contributed by atoms with E-state index in [2.05, 4.69) is 0 Å². The molecule has 0 bridgehead atoms. The van der Waals surface area contributed by atoms with Crippen LogP contribution in [0.25, 0.3) is 0 Å². The van der Waals surface area contributed by atoms with Crippen LogP contribution < -0.4 is 0 Å². The van der Waals surface area contributed by atoms with Crippen molar-refractivity contribution in [2.75, 3.05) is 6.54 Å². The Hall–Kier alpha value is -2.76. The predicted octanol–water partition coefficient (Wildman–Crippen LogP) is 7.17. The zero-order valence-corrected chi connectivity index (χ0v) is 17.9. The third kappa shape index (κ3) is 6.68. The average Bonchev–Trinajstić information content (AvgIpc) is 2.72. The summed E-state index contributed by atoms with van der Waals surface area (Å²) in [5, 5.41) is 9.11. The molecule has 3 nitrogen and oxygen atoms in total. The Morgan fingerprint density at radius 3 is 1.94 bits per heavy atom. The first-order valence-corrected chi connectivity index (χ1v) is 10.5. The average molecular weight is 513 g/mol. The van der Waals surface area contributed by atoms with Gasteiger partial charge in [0.05, 0.1) is 16.7 Å². The molecule has 1 aliphatic rings. The maximum Gasteiger partial charge on any atom is 0.416 e. The van der Waals surface area contributed by atoms with Gasteiger partial charge in [-0.15, -0.1) is 0 Å². The molecule has 3 rings (SSSR count). The number of nitrogens with zero attached hydrogens (tertiary/aromatic N) is 1. The number of likely N-dealkylation sites (tertiary alicyclic amines) is 1. The van der Waals surface area contributed by atoms with E-state index in [-0.39, 0.29) is 31.4 Å². The van der Waals surface area contributed by atoms with E-state index in [1.807, 2.05) is 0 Å². The fraction of sp³-hybridized carbons (Fsp3) is 0.435. The zero-order chi connectivity index (χ0) is 26.2. The second kappa shape index (κ2) is 9.71. The molecule has 0 radical (unpaired) electrons. The van der Waals surface area contributed by atoms with Crippen LogP contribution in [-0.2, 0) is 29.9 Å². The van der Waals surface area contributed by atoms with Gasteiger partial charge in [0.2, 0.25) is 0 Å². The highest BCUT2D eigenvalue weighted by Crippen LogP contribution is 2.41. The standard InChI is InChI=1S/C23H20F9NO2/c24-21(25,26)16-4-1-14(2-5-16)19-9-13(10-20(34)35)7-8-33(19)12-15-3-6-17(22(27,28)29)11-18(15)23(30,31)32/h1-6,11,13,19H,7-10,12H2,(H,34,35)/t13-,19+/m0/s1. The topological polar surface area (TPSA) is 40.5 Å². The molecule has 1 N–H and O–H groups in total. The maximum atomic E-state index is 13.6. The second-order valence-corrected chi connectivity index (χ2v) is 8.46. The first-order chi connectivity index (χ1) is 16.1. The molecule has 0 amide bonds. The lowest BCUT2D eigenvalue weighted by molar-refractivity contribution is -0.144. The first-order valence-electron chi connectivity index (χ1n) is 10.5. The van der Waals surface area contributed by atoms with Crippen molar-refractivity contribution in [1.29, 1.82) is 0 Å². The van der Waals surface area contributed by atoms with E-state index in [9.17, 15) is 44.3 Å². The molecule has 192 valence electrons. The van der Waals surface area contributed by atoms with Crippen LogP contribution in [0.4, 0.5) is 39.5 Å². The summed E-state index contributed by atoms with van der Waals surface area (Å²) in [6, 6.07) is 4.63. The summed E-state index contributed by atoms with van der Waals surface area (Å²) in [5.41, 5.74) is -3.90. The van der Waals surface area contributed by atoms with Crippen LogP contribution >= 0.6 is 0 Å². The van der Waals surface area contributed by atoms with Crippen LogP contribution in [0.2, 0.25) is 0 Å². The molecular formula is C23H20F9NO2. The molecule has 1 saturated heterocycles. The molecular weight excluding hydrogens is 493 g/mol. The van der Waals surface area contributed by atoms with Gasteiger partial charge in [0, 0.05) is 19.0 Å². The molecule has 12 heteroatoms. The van der Waals surface area contributed by atoms with Gasteiger partial charge >= 0.3 is 24.5 Å². The number of carboxylic acids is 1. The molecule has 0 spiro atoms. The minimum atomic E-state index is -5.07. The molecule has 35 heavy (non-hydrogen) atoms. The number of carboxylic acid groups (broad SMARTS) is 1. The predicted molar refractivity (Wildman–Crippen MR) is 106 cm³/mol. The minimum Gasteiger partial charge on any atom is -0.481 e. The van der Waals surface area contributed by atoms with Gasteiger partial charge in [-0.1, -0.05) is 18.2 Å². The van der Waals surface area contributed by atoms with Gasteiger partial charge in [-0.3, -0.25) is 9.69 Å². The summed E-state index contributed by atoms with van der Waals surface area (Å²) in [6.07, 6.45) is -14.4. The number of aliphatic carboxylic acids is 1. The van der Waals surface area contributed by atoms with E-state index >= 15 is 0 Å². The summed E-state index contributed by atoms with van der Waals surface area (Å²) in [4.78, 5) is 12.7. The lowest BCUT2D eigenvalue weighted by Gasteiger charge is -2.40. The van der Waals surface area contributed by atoms with E-state index in [4.69, 9.17) is 5.11 Å². The fourth-order valence-electron chi connectivity index (χ4n) is 4.32. The zero-order valence-electron chi connectivity index (χ0n) is 17.9. The number of halogens is 9. The summed E-state index contributed by atoms with van der Waals surface area (Å²) in [5.74, 6) is -1.46. The second-order valence-electron chi connectivity index (χ2n) is 8.46. The van der Waals surface area contributed by atoms with Crippen LogP contribution in [-0.4, -0.2) is 22.5 Å². The van der Waals surface area contributed by atoms with Crippen molar-refractivity contribution in [3.8, 4) is 0 Å². The molecule has 0 saturated carbocycles. The van der Waals surface area contributed by atoms with E-state index < -0.39 is 59.3 Å². The fourth-order valence-corrected chi connectivity index (χ4v) is 4.32. The molecule has 1 fully saturated rings. The molecule has 1 heterocycles. The van der Waals surface area contributed by atoms with E-state index in [0.717, 1.165) is 18.2 Å². The van der Waals surface area contributed by atoms with Crippen LogP contribution in [0.1, 0.15) is 53.1 Å². The van der Waals surface area contributed by atoms with Gasteiger partial charge in [-0.05, 0) is 60.7 Å². The Bertz CT molecular complexity index is 1040. The number of alkyl halides is 9. The van der Waals surface area contributed by atoms with E-state index in [0.29, 0.717) is 18.1 Å². The molecule has 0 aliphatic carbocycles. The van der Waals surface area contributed by atoms with Gasteiger partial charge in [-0.2, -0.15) is 39.5 Å².